The van der Waals surface area contributed by atoms with Gasteiger partial charge in [-0.3, -0.25) is 0 Å². The summed E-state index contributed by atoms with van der Waals surface area (Å²) in [5.74, 6) is 1.30. The van der Waals surface area contributed by atoms with Crippen molar-refractivity contribution in [3.8, 4) is 5.75 Å². The zero-order chi connectivity index (χ0) is 18.4. The Morgan fingerprint density at radius 3 is 2.31 bits per heavy atom. The highest BCUT2D eigenvalue weighted by Gasteiger charge is 2.10. The van der Waals surface area contributed by atoms with Crippen LogP contribution in [0.25, 0.3) is 0 Å². The molecule has 2 unspecified atom stereocenters. The molecule has 2 atom stereocenters. The normalized spacial score (nSPS) is 13.2. The predicted octanol–water partition coefficient (Wildman–Crippen LogP) is 5.28. The van der Waals surface area contributed by atoms with Crippen LogP contribution < -0.4 is 10.1 Å². The average Bonchev–Trinajstić information content (AvgIpc) is 2.58. The number of benzene rings is 2. The third-order valence-corrected chi connectivity index (χ3v) is 4.59. The Balaban J connectivity index is 0.00000338. The monoisotopic (exact) mass is 397 g/mol. The number of hydrogen-bond donors (Lipinski definition) is 2. The van der Waals surface area contributed by atoms with Crippen molar-refractivity contribution >= 4 is 24.0 Å². The molecule has 0 aliphatic rings. The Labute approximate surface area is 168 Å². The molecule has 0 radical (unpaired) electrons. The summed E-state index contributed by atoms with van der Waals surface area (Å²) < 4.78 is 5.73. The van der Waals surface area contributed by atoms with Crippen molar-refractivity contribution in [1.29, 1.82) is 0 Å². The summed E-state index contributed by atoms with van der Waals surface area (Å²) >= 11 is 5.90. The topological polar surface area (TPSA) is 41.5 Å². The van der Waals surface area contributed by atoms with Gasteiger partial charge in [-0.2, -0.15) is 0 Å². The minimum Gasteiger partial charge on any atom is -0.491 e. The number of aliphatic hydroxyl groups excluding tert-OH is 1. The number of nitrogens with one attached hydrogen (secondary N) is 1. The summed E-state index contributed by atoms with van der Waals surface area (Å²) in [7, 11) is 0. The fourth-order valence-corrected chi connectivity index (χ4v) is 2.95. The highest BCUT2D eigenvalue weighted by Crippen LogP contribution is 2.23. The number of aryl methyl sites for hydroxylation is 1. The first-order chi connectivity index (χ1) is 11.9. The van der Waals surface area contributed by atoms with Crippen molar-refractivity contribution in [2.45, 2.75) is 45.8 Å². The highest BCUT2D eigenvalue weighted by molar-refractivity contribution is 6.30. The number of ether oxygens (including phenoxy) is 1. The molecule has 0 aromatic heterocycles. The SMILES string of the molecule is Cc1cc(OCC(O)CNC(C)c2ccc(Cl)cc2)ccc1C(C)C.Cl. The lowest BCUT2D eigenvalue weighted by Crippen LogP contribution is -2.33. The first-order valence-corrected chi connectivity index (χ1v) is 9.15. The van der Waals surface area contributed by atoms with Crippen LogP contribution >= 0.6 is 24.0 Å². The Morgan fingerprint density at radius 1 is 1.08 bits per heavy atom. The summed E-state index contributed by atoms with van der Waals surface area (Å²) in [5, 5.41) is 14.2. The molecule has 144 valence electrons. The summed E-state index contributed by atoms with van der Waals surface area (Å²) in [4.78, 5) is 0. The van der Waals surface area contributed by atoms with Crippen LogP contribution in [0.4, 0.5) is 0 Å². The summed E-state index contributed by atoms with van der Waals surface area (Å²) in [6, 6.07) is 14.0. The van der Waals surface area contributed by atoms with Crippen molar-refractivity contribution < 1.29 is 9.84 Å². The van der Waals surface area contributed by atoms with E-state index in [1.54, 1.807) is 0 Å². The molecule has 2 aromatic carbocycles. The minimum atomic E-state index is -0.570. The van der Waals surface area contributed by atoms with Gasteiger partial charge in [0.2, 0.25) is 0 Å². The molecular formula is C21H29Cl2NO2. The molecule has 0 fully saturated rings. The van der Waals surface area contributed by atoms with E-state index in [0.717, 1.165) is 16.3 Å². The van der Waals surface area contributed by atoms with Crippen LogP contribution in [-0.2, 0) is 0 Å². The second kappa shape index (κ2) is 10.8. The number of halogens is 2. The molecule has 0 heterocycles. The van der Waals surface area contributed by atoms with E-state index in [0.29, 0.717) is 12.5 Å². The van der Waals surface area contributed by atoms with Crippen LogP contribution in [0, 0.1) is 6.92 Å². The molecule has 2 N–H and O–H groups in total. The summed E-state index contributed by atoms with van der Waals surface area (Å²) in [6.45, 7) is 9.24. The molecule has 0 spiro atoms. The second-order valence-electron chi connectivity index (χ2n) is 6.82. The smallest absolute Gasteiger partial charge is 0.119 e. The minimum absolute atomic E-state index is 0. The van der Waals surface area contributed by atoms with Crippen molar-refractivity contribution in [1.82, 2.24) is 5.32 Å². The predicted molar refractivity (Wildman–Crippen MR) is 112 cm³/mol. The van der Waals surface area contributed by atoms with Gasteiger partial charge in [0.15, 0.2) is 0 Å². The van der Waals surface area contributed by atoms with Crippen LogP contribution in [0.15, 0.2) is 42.5 Å². The quantitative estimate of drug-likeness (QED) is 0.635. The lowest BCUT2D eigenvalue weighted by Gasteiger charge is -2.18. The largest absolute Gasteiger partial charge is 0.491 e. The van der Waals surface area contributed by atoms with Crippen molar-refractivity contribution in [2.75, 3.05) is 13.2 Å². The summed E-state index contributed by atoms with van der Waals surface area (Å²) in [6.07, 6.45) is -0.570. The van der Waals surface area contributed by atoms with Gasteiger partial charge in [0.1, 0.15) is 18.5 Å². The van der Waals surface area contributed by atoms with Gasteiger partial charge in [0.05, 0.1) is 0 Å². The van der Waals surface area contributed by atoms with Gasteiger partial charge in [-0.05, 0) is 60.7 Å². The zero-order valence-corrected chi connectivity index (χ0v) is 17.4. The van der Waals surface area contributed by atoms with Gasteiger partial charge in [0.25, 0.3) is 0 Å². The first kappa shape index (κ1) is 22.8. The second-order valence-corrected chi connectivity index (χ2v) is 7.26. The van der Waals surface area contributed by atoms with Crippen molar-refractivity contribution in [3.63, 3.8) is 0 Å². The highest BCUT2D eigenvalue weighted by atomic mass is 35.5. The zero-order valence-electron chi connectivity index (χ0n) is 15.8. The Bertz CT molecular complexity index is 674. The summed E-state index contributed by atoms with van der Waals surface area (Å²) in [5.41, 5.74) is 3.68. The third kappa shape index (κ3) is 6.81. The lowest BCUT2D eigenvalue weighted by atomic mass is 9.98. The van der Waals surface area contributed by atoms with E-state index in [1.807, 2.05) is 36.4 Å². The van der Waals surface area contributed by atoms with E-state index in [9.17, 15) is 5.11 Å². The van der Waals surface area contributed by atoms with Crippen LogP contribution in [0.1, 0.15) is 49.4 Å². The first-order valence-electron chi connectivity index (χ1n) is 8.77. The molecule has 3 nitrogen and oxygen atoms in total. The molecule has 2 aromatic rings. The Kier molecular flexibility index (Phi) is 9.45. The van der Waals surface area contributed by atoms with Gasteiger partial charge in [-0.25, -0.2) is 0 Å². The van der Waals surface area contributed by atoms with E-state index >= 15 is 0 Å². The molecular weight excluding hydrogens is 369 g/mol. The van der Waals surface area contributed by atoms with Gasteiger partial charge < -0.3 is 15.2 Å². The van der Waals surface area contributed by atoms with Crippen LogP contribution in [0.3, 0.4) is 0 Å². The molecule has 0 saturated heterocycles. The standard InChI is InChI=1S/C21H28ClNO2.ClH/c1-14(2)21-10-9-20(11-15(21)3)25-13-19(24)12-23-16(4)17-5-7-18(22)8-6-17;/h5-11,14,16,19,23-24H,12-13H2,1-4H3;1H. The van der Waals surface area contributed by atoms with Gasteiger partial charge in [0, 0.05) is 17.6 Å². The molecule has 0 amide bonds. The molecule has 2 rings (SSSR count). The molecule has 0 bridgehead atoms. The number of hydrogen-bond acceptors (Lipinski definition) is 3. The van der Waals surface area contributed by atoms with E-state index in [1.165, 1.54) is 11.1 Å². The maximum atomic E-state index is 10.2. The molecule has 0 aliphatic carbocycles. The molecule has 0 saturated carbocycles. The third-order valence-electron chi connectivity index (χ3n) is 4.34. The van der Waals surface area contributed by atoms with E-state index in [-0.39, 0.29) is 25.1 Å². The number of rotatable bonds is 8. The van der Waals surface area contributed by atoms with E-state index in [4.69, 9.17) is 16.3 Å². The fraction of sp³-hybridized carbons (Fsp3) is 0.429. The molecule has 0 aliphatic heterocycles. The Morgan fingerprint density at radius 2 is 1.73 bits per heavy atom. The van der Waals surface area contributed by atoms with Crippen LogP contribution in [0.5, 0.6) is 5.75 Å². The molecule has 5 heteroatoms. The number of aliphatic hydroxyl groups is 1. The lowest BCUT2D eigenvalue weighted by molar-refractivity contribution is 0.104. The van der Waals surface area contributed by atoms with E-state index in [2.05, 4.69) is 39.1 Å². The van der Waals surface area contributed by atoms with Gasteiger partial charge >= 0.3 is 0 Å². The molecule has 26 heavy (non-hydrogen) atoms. The van der Waals surface area contributed by atoms with E-state index < -0.39 is 6.10 Å². The van der Waals surface area contributed by atoms with Gasteiger partial charge in [-0.1, -0.05) is 43.6 Å². The van der Waals surface area contributed by atoms with Gasteiger partial charge in [-0.15, -0.1) is 12.4 Å². The Hall–Kier alpha value is -1.26. The average molecular weight is 398 g/mol. The van der Waals surface area contributed by atoms with Crippen LogP contribution in [0.2, 0.25) is 5.02 Å². The van der Waals surface area contributed by atoms with Crippen molar-refractivity contribution in [2.24, 2.45) is 0 Å². The van der Waals surface area contributed by atoms with Crippen LogP contribution in [-0.4, -0.2) is 24.4 Å². The van der Waals surface area contributed by atoms with Crippen molar-refractivity contribution in [3.05, 3.63) is 64.2 Å². The maximum absolute atomic E-state index is 10.2. The fourth-order valence-electron chi connectivity index (χ4n) is 2.82. The maximum Gasteiger partial charge on any atom is 0.119 e.